The van der Waals surface area contributed by atoms with E-state index in [1.165, 1.54) is 24.6 Å². The van der Waals surface area contributed by atoms with Crippen LogP contribution >= 0.6 is 0 Å². The molecule has 0 aliphatic heterocycles. The lowest BCUT2D eigenvalue weighted by atomic mass is 10.0. The molecule has 0 amide bonds. The molecule has 0 heterocycles. The van der Waals surface area contributed by atoms with Gasteiger partial charge in [0.15, 0.2) is 6.10 Å². The Hall–Kier alpha value is -2.55. The van der Waals surface area contributed by atoms with E-state index in [9.17, 15) is 4.79 Å². The first-order valence-corrected chi connectivity index (χ1v) is 10.9. The normalized spacial score (nSPS) is 12.4. The van der Waals surface area contributed by atoms with Crippen LogP contribution in [0.3, 0.4) is 0 Å². The highest BCUT2D eigenvalue weighted by molar-refractivity contribution is 6.01. The standard InChI is InChI=1S/C26H32O3/c1-4-5-6-7-8-15-25(26(27)28-19(2)3)29-24-16-11-14-22-17-20-12-9-10-13-21(20)18-23(22)24/h9-14,16-19,25H,4-8,15H2,1-3H3. The molecule has 0 saturated heterocycles. The summed E-state index contributed by atoms with van der Waals surface area (Å²) in [6.07, 6.45) is 5.68. The number of esters is 1. The van der Waals surface area contributed by atoms with Crippen molar-refractivity contribution in [2.24, 2.45) is 0 Å². The Bertz CT molecular complexity index is 945. The molecule has 0 radical (unpaired) electrons. The lowest BCUT2D eigenvalue weighted by molar-refractivity contribution is -0.156. The van der Waals surface area contributed by atoms with Crippen molar-refractivity contribution >= 4 is 27.5 Å². The van der Waals surface area contributed by atoms with Crippen molar-refractivity contribution in [1.82, 2.24) is 0 Å². The van der Waals surface area contributed by atoms with Gasteiger partial charge < -0.3 is 9.47 Å². The van der Waals surface area contributed by atoms with E-state index in [-0.39, 0.29) is 12.1 Å². The maximum atomic E-state index is 12.7. The number of carbonyl (C=O) groups is 1. The summed E-state index contributed by atoms with van der Waals surface area (Å²) >= 11 is 0. The van der Waals surface area contributed by atoms with Crippen LogP contribution in [-0.2, 0) is 9.53 Å². The van der Waals surface area contributed by atoms with Gasteiger partial charge >= 0.3 is 5.97 Å². The average Bonchev–Trinajstić information content (AvgIpc) is 2.71. The topological polar surface area (TPSA) is 35.5 Å². The minimum atomic E-state index is -0.573. The first-order valence-electron chi connectivity index (χ1n) is 10.9. The number of carbonyl (C=O) groups excluding carboxylic acids is 1. The smallest absolute Gasteiger partial charge is 0.347 e. The lowest BCUT2D eigenvalue weighted by Gasteiger charge is -2.20. The molecule has 0 fully saturated rings. The minimum Gasteiger partial charge on any atom is -0.478 e. The predicted molar refractivity (Wildman–Crippen MR) is 120 cm³/mol. The Balaban J connectivity index is 1.84. The zero-order valence-corrected chi connectivity index (χ0v) is 17.8. The zero-order chi connectivity index (χ0) is 20.6. The monoisotopic (exact) mass is 392 g/mol. The Morgan fingerprint density at radius 2 is 1.55 bits per heavy atom. The van der Waals surface area contributed by atoms with E-state index in [1.807, 2.05) is 38.1 Å². The van der Waals surface area contributed by atoms with Crippen LogP contribution in [0.2, 0.25) is 0 Å². The van der Waals surface area contributed by atoms with E-state index in [1.54, 1.807) is 0 Å². The maximum absolute atomic E-state index is 12.7. The maximum Gasteiger partial charge on any atom is 0.347 e. The summed E-state index contributed by atoms with van der Waals surface area (Å²) in [5, 5.41) is 4.50. The van der Waals surface area contributed by atoms with Crippen LogP contribution in [0, 0.1) is 0 Å². The number of ether oxygens (including phenoxy) is 2. The lowest BCUT2D eigenvalue weighted by Crippen LogP contribution is -2.31. The molecule has 0 aliphatic carbocycles. The van der Waals surface area contributed by atoms with Crippen molar-refractivity contribution in [1.29, 1.82) is 0 Å². The molecule has 3 aromatic rings. The highest BCUT2D eigenvalue weighted by Crippen LogP contribution is 2.31. The fourth-order valence-electron chi connectivity index (χ4n) is 3.66. The van der Waals surface area contributed by atoms with Gasteiger partial charge in [0.05, 0.1) is 6.10 Å². The van der Waals surface area contributed by atoms with Crippen LogP contribution in [0.4, 0.5) is 0 Å². The summed E-state index contributed by atoms with van der Waals surface area (Å²) in [5.41, 5.74) is 0. The van der Waals surface area contributed by atoms with Crippen molar-refractivity contribution in [3.8, 4) is 5.75 Å². The van der Waals surface area contributed by atoms with E-state index < -0.39 is 6.10 Å². The molecule has 3 nitrogen and oxygen atoms in total. The van der Waals surface area contributed by atoms with Gasteiger partial charge in [0, 0.05) is 5.39 Å². The van der Waals surface area contributed by atoms with Crippen LogP contribution in [0.5, 0.6) is 5.75 Å². The molecule has 0 bridgehead atoms. The SMILES string of the molecule is CCCCCCCC(Oc1cccc2cc3ccccc3cc12)C(=O)OC(C)C. The third-order valence-corrected chi connectivity index (χ3v) is 5.16. The van der Waals surface area contributed by atoms with Crippen molar-refractivity contribution in [3.63, 3.8) is 0 Å². The van der Waals surface area contributed by atoms with Gasteiger partial charge in [-0.2, -0.15) is 0 Å². The van der Waals surface area contributed by atoms with Crippen LogP contribution in [-0.4, -0.2) is 18.2 Å². The largest absolute Gasteiger partial charge is 0.478 e. The molecule has 0 aromatic heterocycles. The average molecular weight is 393 g/mol. The van der Waals surface area contributed by atoms with Gasteiger partial charge in [-0.1, -0.05) is 69.0 Å². The Morgan fingerprint density at radius 1 is 0.862 bits per heavy atom. The van der Waals surface area contributed by atoms with Crippen molar-refractivity contribution in [2.75, 3.05) is 0 Å². The van der Waals surface area contributed by atoms with E-state index in [4.69, 9.17) is 9.47 Å². The number of hydrogen-bond acceptors (Lipinski definition) is 3. The van der Waals surface area contributed by atoms with Crippen LogP contribution < -0.4 is 4.74 Å². The Morgan fingerprint density at radius 3 is 2.28 bits per heavy atom. The molecular formula is C26H32O3. The molecule has 154 valence electrons. The molecule has 1 atom stereocenters. The second-order valence-corrected chi connectivity index (χ2v) is 7.97. The molecule has 0 saturated carbocycles. The van der Waals surface area contributed by atoms with Crippen molar-refractivity contribution in [3.05, 3.63) is 54.6 Å². The van der Waals surface area contributed by atoms with Gasteiger partial charge in [-0.05, 0) is 61.0 Å². The molecule has 0 aliphatic rings. The molecule has 3 rings (SSSR count). The number of hydrogen-bond donors (Lipinski definition) is 0. The van der Waals surface area contributed by atoms with Crippen LogP contribution in [0.1, 0.15) is 59.3 Å². The van der Waals surface area contributed by atoms with Gasteiger partial charge in [0.25, 0.3) is 0 Å². The second kappa shape index (κ2) is 10.3. The molecule has 3 aromatic carbocycles. The summed E-state index contributed by atoms with van der Waals surface area (Å²) in [6, 6.07) is 18.6. The molecule has 0 spiro atoms. The molecular weight excluding hydrogens is 360 g/mol. The predicted octanol–water partition coefficient (Wildman–Crippen LogP) is 7.05. The first kappa shape index (κ1) is 21.2. The summed E-state index contributed by atoms with van der Waals surface area (Å²) < 4.78 is 11.8. The van der Waals surface area contributed by atoms with Gasteiger partial charge in [-0.15, -0.1) is 0 Å². The third kappa shape index (κ3) is 5.72. The van der Waals surface area contributed by atoms with Gasteiger partial charge in [0.2, 0.25) is 0 Å². The van der Waals surface area contributed by atoms with Crippen LogP contribution in [0.15, 0.2) is 54.6 Å². The molecule has 1 unspecified atom stereocenters. The minimum absolute atomic E-state index is 0.148. The number of rotatable bonds is 10. The van der Waals surface area contributed by atoms with Crippen molar-refractivity contribution in [2.45, 2.75) is 71.5 Å². The zero-order valence-electron chi connectivity index (χ0n) is 17.8. The third-order valence-electron chi connectivity index (χ3n) is 5.16. The van der Waals surface area contributed by atoms with Gasteiger partial charge in [-0.3, -0.25) is 0 Å². The fourth-order valence-corrected chi connectivity index (χ4v) is 3.66. The van der Waals surface area contributed by atoms with Crippen molar-refractivity contribution < 1.29 is 14.3 Å². The van der Waals surface area contributed by atoms with E-state index in [0.29, 0.717) is 6.42 Å². The molecule has 3 heteroatoms. The summed E-state index contributed by atoms with van der Waals surface area (Å²) in [6.45, 7) is 5.96. The summed E-state index contributed by atoms with van der Waals surface area (Å²) in [7, 11) is 0. The Kier molecular flexibility index (Phi) is 7.51. The number of fused-ring (bicyclic) bond motifs is 2. The molecule has 29 heavy (non-hydrogen) atoms. The second-order valence-electron chi connectivity index (χ2n) is 7.97. The molecule has 0 N–H and O–H groups in total. The highest BCUT2D eigenvalue weighted by Gasteiger charge is 2.23. The fraction of sp³-hybridized carbons (Fsp3) is 0.423. The number of unbranched alkanes of at least 4 members (excludes halogenated alkanes) is 4. The first-order chi connectivity index (χ1) is 14.1. The van der Waals surface area contributed by atoms with Gasteiger partial charge in [-0.25, -0.2) is 4.79 Å². The van der Waals surface area contributed by atoms with E-state index in [0.717, 1.165) is 34.7 Å². The van der Waals surface area contributed by atoms with Crippen LogP contribution in [0.25, 0.3) is 21.5 Å². The van der Waals surface area contributed by atoms with E-state index in [2.05, 4.69) is 37.3 Å². The summed E-state index contributed by atoms with van der Waals surface area (Å²) in [5.74, 6) is 0.473. The van der Waals surface area contributed by atoms with Gasteiger partial charge in [0.1, 0.15) is 5.75 Å². The summed E-state index contributed by atoms with van der Waals surface area (Å²) in [4.78, 5) is 12.7. The number of benzene rings is 3. The Labute approximate surface area is 174 Å². The van der Waals surface area contributed by atoms with E-state index >= 15 is 0 Å². The quantitative estimate of drug-likeness (QED) is 0.211. The highest BCUT2D eigenvalue weighted by atomic mass is 16.6.